The first-order chi connectivity index (χ1) is 8.99. The summed E-state index contributed by atoms with van der Waals surface area (Å²) in [5.41, 5.74) is 0. The van der Waals surface area contributed by atoms with E-state index in [2.05, 4.69) is 5.32 Å². The summed E-state index contributed by atoms with van der Waals surface area (Å²) in [6, 6.07) is 3.51. The van der Waals surface area contributed by atoms with Crippen LogP contribution in [0.25, 0.3) is 0 Å². The maximum absolute atomic E-state index is 12.0. The molecule has 0 spiro atoms. The zero-order valence-corrected chi connectivity index (χ0v) is 12.7. The SMILES string of the molecule is CC(CCNCc1ccc(CSC(F)F)o1)S(C)=O. The molecule has 1 rings (SSSR count). The molecule has 0 amide bonds. The number of halogens is 2. The van der Waals surface area contributed by atoms with Crippen LogP contribution in [0.15, 0.2) is 16.5 Å². The van der Waals surface area contributed by atoms with Crippen LogP contribution in [0.4, 0.5) is 8.78 Å². The van der Waals surface area contributed by atoms with Gasteiger partial charge in [-0.2, -0.15) is 8.78 Å². The van der Waals surface area contributed by atoms with Crippen LogP contribution in [0.3, 0.4) is 0 Å². The van der Waals surface area contributed by atoms with Crippen LogP contribution in [0.1, 0.15) is 24.9 Å². The third-order valence-electron chi connectivity index (χ3n) is 2.66. The molecule has 0 saturated carbocycles. The van der Waals surface area contributed by atoms with E-state index in [0.717, 1.165) is 18.7 Å². The van der Waals surface area contributed by atoms with Crippen LogP contribution < -0.4 is 5.32 Å². The Morgan fingerprint density at radius 3 is 2.74 bits per heavy atom. The molecule has 0 aromatic carbocycles. The summed E-state index contributed by atoms with van der Waals surface area (Å²) in [4.78, 5) is 0. The molecule has 0 fully saturated rings. The highest BCUT2D eigenvalue weighted by Gasteiger charge is 2.08. The maximum Gasteiger partial charge on any atom is 0.284 e. The fourth-order valence-electron chi connectivity index (χ4n) is 1.42. The van der Waals surface area contributed by atoms with Gasteiger partial charge >= 0.3 is 0 Å². The Labute approximate surface area is 119 Å². The molecular weight excluding hydrogens is 292 g/mol. The predicted octanol–water partition coefficient (Wildman–Crippen LogP) is 2.98. The second-order valence-electron chi connectivity index (χ2n) is 4.21. The number of rotatable bonds is 9. The van der Waals surface area contributed by atoms with Crippen LogP contribution >= 0.6 is 11.8 Å². The van der Waals surface area contributed by atoms with Crippen LogP contribution in [-0.4, -0.2) is 28.0 Å². The van der Waals surface area contributed by atoms with E-state index in [1.54, 1.807) is 18.4 Å². The number of alkyl halides is 2. The Hall–Kier alpha value is -0.400. The molecule has 1 aromatic heterocycles. The van der Waals surface area contributed by atoms with E-state index >= 15 is 0 Å². The van der Waals surface area contributed by atoms with Gasteiger partial charge in [-0.25, -0.2) is 0 Å². The quantitative estimate of drug-likeness (QED) is 0.712. The second-order valence-corrected chi connectivity index (χ2v) is 6.99. The molecule has 19 heavy (non-hydrogen) atoms. The first kappa shape index (κ1) is 16.7. The third kappa shape index (κ3) is 7.08. The van der Waals surface area contributed by atoms with Crippen molar-refractivity contribution < 1.29 is 17.4 Å². The molecule has 1 N–H and O–H groups in total. The van der Waals surface area contributed by atoms with Crippen molar-refractivity contribution in [2.75, 3.05) is 12.8 Å². The smallest absolute Gasteiger partial charge is 0.284 e. The molecule has 0 aliphatic carbocycles. The lowest BCUT2D eigenvalue weighted by atomic mass is 10.3. The van der Waals surface area contributed by atoms with E-state index < -0.39 is 16.6 Å². The highest BCUT2D eigenvalue weighted by Crippen LogP contribution is 2.21. The van der Waals surface area contributed by atoms with Gasteiger partial charge in [0.15, 0.2) is 0 Å². The van der Waals surface area contributed by atoms with Crippen molar-refractivity contribution >= 4 is 22.6 Å². The van der Waals surface area contributed by atoms with Gasteiger partial charge in [0.25, 0.3) is 5.76 Å². The summed E-state index contributed by atoms with van der Waals surface area (Å²) in [7, 11) is -0.799. The maximum atomic E-state index is 12.0. The molecule has 110 valence electrons. The largest absolute Gasteiger partial charge is 0.464 e. The van der Waals surface area contributed by atoms with Crippen LogP contribution in [0.2, 0.25) is 0 Å². The van der Waals surface area contributed by atoms with Crippen molar-refractivity contribution in [1.29, 1.82) is 0 Å². The lowest BCUT2D eigenvalue weighted by molar-refractivity contribution is 0.251. The number of nitrogens with one attached hydrogen (secondary N) is 1. The van der Waals surface area contributed by atoms with Crippen LogP contribution in [-0.2, 0) is 23.1 Å². The first-order valence-corrected chi connectivity index (χ1v) is 8.66. The molecule has 0 bridgehead atoms. The van der Waals surface area contributed by atoms with Gasteiger partial charge in [0.2, 0.25) is 0 Å². The minimum atomic E-state index is -2.37. The van der Waals surface area contributed by atoms with E-state index in [-0.39, 0.29) is 11.0 Å². The fourth-order valence-corrected chi connectivity index (χ4v) is 2.32. The summed E-state index contributed by atoms with van der Waals surface area (Å²) in [5, 5.41) is 3.35. The normalized spacial score (nSPS) is 14.8. The Bertz CT molecular complexity index is 399. The Kier molecular flexibility index (Phi) is 7.63. The summed E-state index contributed by atoms with van der Waals surface area (Å²) in [6.45, 7) is 3.26. The summed E-state index contributed by atoms with van der Waals surface area (Å²) in [5.74, 6) is -0.896. The number of thioether (sulfide) groups is 1. The van der Waals surface area contributed by atoms with Crippen molar-refractivity contribution in [2.24, 2.45) is 0 Å². The molecule has 0 saturated heterocycles. The minimum absolute atomic E-state index is 0.169. The van der Waals surface area contributed by atoms with E-state index in [1.807, 2.05) is 6.92 Å². The average molecular weight is 311 g/mol. The molecule has 2 unspecified atom stereocenters. The molecule has 7 heteroatoms. The summed E-state index contributed by atoms with van der Waals surface area (Å²) < 4.78 is 40.6. The van der Waals surface area contributed by atoms with E-state index in [9.17, 15) is 13.0 Å². The first-order valence-electron chi connectivity index (χ1n) is 5.99. The number of hydrogen-bond donors (Lipinski definition) is 1. The van der Waals surface area contributed by atoms with Gasteiger partial charge in [0.05, 0.1) is 12.3 Å². The summed E-state index contributed by atoms with van der Waals surface area (Å²) in [6.07, 6.45) is 2.53. The Balaban J connectivity index is 2.21. The molecule has 0 aliphatic rings. The monoisotopic (exact) mass is 311 g/mol. The predicted molar refractivity (Wildman–Crippen MR) is 75.9 cm³/mol. The molecule has 0 aliphatic heterocycles. The molecule has 0 radical (unpaired) electrons. The molecule has 1 aromatic rings. The number of hydrogen-bond acceptors (Lipinski definition) is 4. The zero-order valence-electron chi connectivity index (χ0n) is 11.0. The lowest BCUT2D eigenvalue weighted by Crippen LogP contribution is -2.20. The van der Waals surface area contributed by atoms with Gasteiger partial charge in [0.1, 0.15) is 11.5 Å². The van der Waals surface area contributed by atoms with Crippen LogP contribution in [0.5, 0.6) is 0 Å². The summed E-state index contributed by atoms with van der Waals surface area (Å²) >= 11 is 0.552. The highest BCUT2D eigenvalue weighted by atomic mass is 32.2. The van der Waals surface area contributed by atoms with Crippen molar-refractivity contribution in [3.63, 3.8) is 0 Å². The topological polar surface area (TPSA) is 42.2 Å². The van der Waals surface area contributed by atoms with Crippen molar-refractivity contribution in [3.8, 4) is 0 Å². The second kappa shape index (κ2) is 8.71. The Morgan fingerprint density at radius 1 is 1.42 bits per heavy atom. The fraction of sp³-hybridized carbons (Fsp3) is 0.667. The highest BCUT2D eigenvalue weighted by molar-refractivity contribution is 7.98. The van der Waals surface area contributed by atoms with E-state index in [1.165, 1.54) is 0 Å². The lowest BCUT2D eigenvalue weighted by Gasteiger charge is -2.08. The van der Waals surface area contributed by atoms with Gasteiger partial charge in [-0.3, -0.25) is 4.21 Å². The molecule has 2 atom stereocenters. The van der Waals surface area contributed by atoms with Gasteiger partial charge in [-0.15, -0.1) is 0 Å². The van der Waals surface area contributed by atoms with Gasteiger partial charge in [0, 0.05) is 22.3 Å². The van der Waals surface area contributed by atoms with Gasteiger partial charge in [-0.1, -0.05) is 18.7 Å². The van der Waals surface area contributed by atoms with Gasteiger partial charge < -0.3 is 9.73 Å². The molecule has 1 heterocycles. The van der Waals surface area contributed by atoms with Crippen molar-refractivity contribution in [3.05, 3.63) is 23.7 Å². The third-order valence-corrected chi connectivity index (χ3v) is 4.73. The van der Waals surface area contributed by atoms with Crippen LogP contribution in [0, 0.1) is 0 Å². The zero-order chi connectivity index (χ0) is 14.3. The molecule has 3 nitrogen and oxygen atoms in total. The van der Waals surface area contributed by atoms with Crippen molar-refractivity contribution in [1.82, 2.24) is 5.32 Å². The van der Waals surface area contributed by atoms with E-state index in [0.29, 0.717) is 24.1 Å². The van der Waals surface area contributed by atoms with E-state index in [4.69, 9.17) is 4.42 Å². The number of furan rings is 1. The van der Waals surface area contributed by atoms with Crippen molar-refractivity contribution in [2.45, 2.75) is 36.6 Å². The average Bonchev–Trinajstić information content (AvgIpc) is 2.79. The minimum Gasteiger partial charge on any atom is -0.464 e. The standard InChI is InChI=1S/C12H19F2NO2S2/c1-9(19(2)16)5-6-15-7-10-3-4-11(17-10)8-18-12(13)14/h3-4,9,12,15H,5-8H2,1-2H3. The van der Waals surface area contributed by atoms with Gasteiger partial charge in [-0.05, 0) is 25.1 Å². The Morgan fingerprint density at radius 2 is 2.11 bits per heavy atom. The molecular formula is C12H19F2NO2S2.